The summed E-state index contributed by atoms with van der Waals surface area (Å²) in [6, 6.07) is 5.48. The van der Waals surface area contributed by atoms with Gasteiger partial charge < -0.3 is 9.26 Å². The molecule has 0 N–H and O–H groups in total. The molecule has 7 rings (SSSR count). The van der Waals surface area contributed by atoms with Gasteiger partial charge in [0, 0.05) is 28.9 Å². The molecular weight excluding hydrogens is 409 g/mol. The van der Waals surface area contributed by atoms with Crippen LogP contribution < -0.4 is 0 Å². The number of carbonyl (C=O) groups is 1. The fourth-order valence-electron chi connectivity index (χ4n) is 6.13. The fourth-order valence-corrected chi connectivity index (χ4v) is 6.70. The maximum Gasteiger partial charge on any atom is 0.145 e. The smallest absolute Gasteiger partial charge is 0.145 e. The van der Waals surface area contributed by atoms with Gasteiger partial charge in [-0.25, -0.2) is 0 Å². The third kappa shape index (κ3) is 2.98. The molecule has 5 aliphatic carbocycles. The Bertz CT molecular complexity index is 958. The van der Waals surface area contributed by atoms with Gasteiger partial charge in [0.05, 0.1) is 22.3 Å². The average Bonchev–Trinajstić information content (AvgIpc) is 3.44. The van der Waals surface area contributed by atoms with Gasteiger partial charge >= 0.3 is 0 Å². The first-order valence-electron chi connectivity index (χ1n) is 10.6. The Balaban J connectivity index is 1.33. The molecule has 5 aliphatic rings. The van der Waals surface area contributed by atoms with Crippen molar-refractivity contribution in [2.24, 2.45) is 17.8 Å². The Hall–Kier alpha value is -1.36. The van der Waals surface area contributed by atoms with Gasteiger partial charge in [-0.3, -0.25) is 4.79 Å². The van der Waals surface area contributed by atoms with Crippen molar-refractivity contribution in [3.63, 3.8) is 0 Å². The summed E-state index contributed by atoms with van der Waals surface area (Å²) < 4.78 is 12.4. The summed E-state index contributed by atoms with van der Waals surface area (Å²) in [5.74, 6) is 2.83. The molecule has 0 radical (unpaired) electrons. The summed E-state index contributed by atoms with van der Waals surface area (Å²) in [5, 5.41) is 5.50. The summed E-state index contributed by atoms with van der Waals surface area (Å²) in [4.78, 5) is 12.5. The largest absolute Gasteiger partial charge is 0.370 e. The zero-order valence-corrected chi connectivity index (χ0v) is 17.6. The Kier molecular flexibility index (Phi) is 4.17. The van der Waals surface area contributed by atoms with Crippen molar-refractivity contribution in [3.8, 4) is 11.3 Å². The number of benzene rings is 1. The molecule has 4 nitrogen and oxygen atoms in total. The number of ketones is 1. The molecule has 1 aromatic heterocycles. The molecule has 2 aromatic rings. The van der Waals surface area contributed by atoms with Gasteiger partial charge in [-0.2, -0.15) is 0 Å². The lowest BCUT2D eigenvalue weighted by molar-refractivity contribution is -0.179. The van der Waals surface area contributed by atoms with Crippen LogP contribution in [0, 0.1) is 17.8 Å². The molecular formula is C23H23Cl2NO3. The van der Waals surface area contributed by atoms with E-state index in [1.54, 1.807) is 0 Å². The lowest BCUT2D eigenvalue weighted by Crippen LogP contribution is -2.56. The quantitative estimate of drug-likeness (QED) is 0.565. The van der Waals surface area contributed by atoms with Crippen LogP contribution in [0.25, 0.3) is 11.3 Å². The molecule has 4 atom stereocenters. The van der Waals surface area contributed by atoms with E-state index in [9.17, 15) is 4.79 Å². The molecule has 0 amide bonds. The van der Waals surface area contributed by atoms with Gasteiger partial charge in [-0.15, -0.1) is 0 Å². The van der Waals surface area contributed by atoms with Crippen LogP contribution in [0.2, 0.25) is 10.0 Å². The SMILES string of the molecule is O=C1C2CC3C[C@@H]1CC(OCc1c(-c4c(Cl)cccc4Cl)noc1C1CC1)(C3)C2. The summed E-state index contributed by atoms with van der Waals surface area (Å²) in [6.45, 7) is 0.437. The van der Waals surface area contributed by atoms with Crippen molar-refractivity contribution in [2.75, 3.05) is 0 Å². The second-order valence-electron chi connectivity index (χ2n) is 9.46. The van der Waals surface area contributed by atoms with Gasteiger partial charge in [0.25, 0.3) is 0 Å². The number of halogens is 2. The minimum absolute atomic E-state index is 0.177. The van der Waals surface area contributed by atoms with E-state index in [0.717, 1.165) is 56.3 Å². The van der Waals surface area contributed by atoms with E-state index in [1.165, 1.54) is 0 Å². The fraction of sp³-hybridized carbons (Fsp3) is 0.565. The molecule has 0 saturated heterocycles. The lowest BCUT2D eigenvalue weighted by atomic mass is 9.53. The monoisotopic (exact) mass is 431 g/mol. The van der Waals surface area contributed by atoms with Crippen molar-refractivity contribution in [1.82, 2.24) is 5.16 Å². The lowest BCUT2D eigenvalue weighted by Gasteiger charge is -2.55. The van der Waals surface area contributed by atoms with Crippen molar-refractivity contribution < 1.29 is 14.1 Å². The molecule has 0 spiro atoms. The average molecular weight is 432 g/mol. The zero-order valence-electron chi connectivity index (χ0n) is 16.1. The number of aromatic nitrogens is 1. The van der Waals surface area contributed by atoms with Crippen LogP contribution >= 0.6 is 23.2 Å². The van der Waals surface area contributed by atoms with Crippen molar-refractivity contribution in [2.45, 2.75) is 63.1 Å². The highest BCUT2D eigenvalue weighted by molar-refractivity contribution is 6.39. The molecule has 3 unspecified atom stereocenters. The first-order chi connectivity index (χ1) is 14.0. The van der Waals surface area contributed by atoms with Gasteiger partial charge in [0.2, 0.25) is 0 Å². The second kappa shape index (κ2) is 6.57. The molecule has 4 bridgehead atoms. The Morgan fingerprint density at radius 3 is 2.41 bits per heavy atom. The molecule has 152 valence electrons. The van der Waals surface area contributed by atoms with Crippen LogP contribution in [0.15, 0.2) is 22.7 Å². The van der Waals surface area contributed by atoms with Crippen LogP contribution in [0.3, 0.4) is 0 Å². The van der Waals surface area contributed by atoms with E-state index in [2.05, 4.69) is 5.16 Å². The normalized spacial score (nSPS) is 32.9. The van der Waals surface area contributed by atoms with Crippen molar-refractivity contribution in [3.05, 3.63) is 39.6 Å². The Labute approximate surface area is 179 Å². The standard InChI is InChI=1S/C23H23Cl2NO3/c24-17-2-1-3-18(25)19(17)20-16(22(29-26-20)13-4-5-13)11-28-23-8-12-6-14(9-23)21(27)15(7-12)10-23/h1-3,12-15H,4-11H2/t12?,14-,15?,23?/m1/s1. The van der Waals surface area contributed by atoms with E-state index in [1.807, 2.05) is 18.2 Å². The molecule has 1 aromatic carbocycles. The van der Waals surface area contributed by atoms with Crippen molar-refractivity contribution >= 4 is 29.0 Å². The van der Waals surface area contributed by atoms with Crippen LogP contribution in [0.1, 0.15) is 62.2 Å². The zero-order chi connectivity index (χ0) is 19.8. The number of Topliss-reactive ketones (excluding diaryl/α,β-unsaturated/α-hetero) is 1. The summed E-state index contributed by atoms with van der Waals surface area (Å²) in [5.41, 5.74) is 2.21. The van der Waals surface area contributed by atoms with Gasteiger partial charge in [-0.1, -0.05) is 34.4 Å². The highest BCUT2D eigenvalue weighted by Crippen LogP contribution is 2.56. The second-order valence-corrected chi connectivity index (χ2v) is 10.3. The maximum absolute atomic E-state index is 12.5. The minimum atomic E-state index is -0.177. The van der Waals surface area contributed by atoms with Crippen LogP contribution in [-0.4, -0.2) is 16.5 Å². The number of carbonyl (C=O) groups excluding carboxylic acids is 1. The van der Waals surface area contributed by atoms with E-state index in [-0.39, 0.29) is 17.4 Å². The number of hydrogen-bond acceptors (Lipinski definition) is 4. The number of nitrogens with zero attached hydrogens (tertiary/aromatic N) is 1. The third-order valence-corrected chi connectivity index (χ3v) is 8.06. The van der Waals surface area contributed by atoms with Crippen LogP contribution in [-0.2, 0) is 16.1 Å². The van der Waals surface area contributed by atoms with E-state index < -0.39 is 0 Å². The molecule has 5 fully saturated rings. The molecule has 1 heterocycles. The first-order valence-corrected chi connectivity index (χ1v) is 11.4. The predicted octanol–water partition coefficient (Wildman–Crippen LogP) is 6.19. The maximum atomic E-state index is 12.5. The van der Waals surface area contributed by atoms with E-state index >= 15 is 0 Å². The third-order valence-electron chi connectivity index (χ3n) is 7.43. The Morgan fingerprint density at radius 1 is 1.07 bits per heavy atom. The molecule has 29 heavy (non-hydrogen) atoms. The van der Waals surface area contributed by atoms with Crippen LogP contribution in [0.5, 0.6) is 0 Å². The summed E-state index contributed by atoms with van der Waals surface area (Å²) in [7, 11) is 0. The van der Waals surface area contributed by atoms with Gasteiger partial charge in [0.15, 0.2) is 0 Å². The molecule has 6 heteroatoms. The predicted molar refractivity (Wildman–Crippen MR) is 110 cm³/mol. The summed E-state index contributed by atoms with van der Waals surface area (Å²) in [6.07, 6.45) is 7.14. The van der Waals surface area contributed by atoms with Gasteiger partial charge in [-0.05, 0) is 63.0 Å². The minimum Gasteiger partial charge on any atom is -0.370 e. The van der Waals surface area contributed by atoms with E-state index in [0.29, 0.717) is 45.5 Å². The topological polar surface area (TPSA) is 52.3 Å². The molecule has 0 aliphatic heterocycles. The first kappa shape index (κ1) is 18.4. The number of hydrogen-bond donors (Lipinski definition) is 0. The van der Waals surface area contributed by atoms with Crippen LogP contribution in [0.4, 0.5) is 0 Å². The molecule has 5 saturated carbocycles. The highest BCUT2D eigenvalue weighted by atomic mass is 35.5. The number of rotatable bonds is 5. The highest BCUT2D eigenvalue weighted by Gasteiger charge is 2.56. The van der Waals surface area contributed by atoms with Gasteiger partial charge in [0.1, 0.15) is 17.2 Å². The van der Waals surface area contributed by atoms with E-state index in [4.69, 9.17) is 32.5 Å². The Morgan fingerprint density at radius 2 is 1.76 bits per heavy atom. The summed E-state index contributed by atoms with van der Waals surface area (Å²) >= 11 is 12.9. The van der Waals surface area contributed by atoms with Crippen molar-refractivity contribution in [1.29, 1.82) is 0 Å². The number of ether oxygens (including phenoxy) is 1.